The van der Waals surface area contributed by atoms with Crippen molar-refractivity contribution in [2.24, 2.45) is 11.1 Å². The Morgan fingerprint density at radius 3 is 2.29 bits per heavy atom. The minimum absolute atomic E-state index is 0. The third-order valence-corrected chi connectivity index (χ3v) is 6.33. The predicted octanol–water partition coefficient (Wildman–Crippen LogP) is 3.44. The predicted molar refractivity (Wildman–Crippen MR) is 115 cm³/mol. The molecule has 1 saturated heterocycles. The second-order valence-electron chi connectivity index (χ2n) is 8.44. The fourth-order valence-electron chi connectivity index (χ4n) is 4.48. The van der Waals surface area contributed by atoms with Crippen LogP contribution in [0.5, 0.6) is 0 Å². The van der Waals surface area contributed by atoms with E-state index >= 15 is 0 Å². The molecule has 0 spiro atoms. The van der Waals surface area contributed by atoms with Crippen molar-refractivity contribution in [3.63, 3.8) is 0 Å². The van der Waals surface area contributed by atoms with Gasteiger partial charge in [-0.05, 0) is 56.7 Å². The molecule has 1 heterocycles. The topological polar surface area (TPSA) is 75.4 Å². The number of carbonyl (C=O) groups is 2. The standard InChI is InChI=1S/C22H33N3O2.ClH/c1-17-5-7-18(8-6-17)21(27)25-13-9-19(10-14-25)24-20(26)15-22(16-23)11-3-2-4-12-22;/h5-8,19H,2-4,9-16,23H2,1H3,(H,24,26);1H. The molecule has 2 amide bonds. The summed E-state index contributed by atoms with van der Waals surface area (Å²) in [4.78, 5) is 27.1. The first-order valence-corrected chi connectivity index (χ1v) is 10.4. The Labute approximate surface area is 174 Å². The first kappa shape index (κ1) is 22.7. The lowest BCUT2D eigenvalue weighted by Crippen LogP contribution is -2.48. The van der Waals surface area contributed by atoms with Gasteiger partial charge in [0.1, 0.15) is 0 Å². The van der Waals surface area contributed by atoms with Crippen LogP contribution in [0.1, 0.15) is 67.3 Å². The molecule has 0 bridgehead atoms. The van der Waals surface area contributed by atoms with Crippen molar-refractivity contribution in [2.75, 3.05) is 19.6 Å². The lowest BCUT2D eigenvalue weighted by atomic mass is 9.71. The molecule has 1 saturated carbocycles. The second kappa shape index (κ2) is 10.3. The van der Waals surface area contributed by atoms with Gasteiger partial charge in [0.05, 0.1) is 0 Å². The Balaban J connectivity index is 0.00000280. The average Bonchev–Trinajstić information content (AvgIpc) is 2.69. The van der Waals surface area contributed by atoms with E-state index in [1.54, 1.807) is 0 Å². The molecule has 2 fully saturated rings. The first-order valence-electron chi connectivity index (χ1n) is 10.4. The first-order chi connectivity index (χ1) is 13.0. The summed E-state index contributed by atoms with van der Waals surface area (Å²) in [6.07, 6.45) is 7.95. The maximum absolute atomic E-state index is 12.6. The minimum Gasteiger partial charge on any atom is -0.353 e. The number of nitrogens with one attached hydrogen (secondary N) is 1. The fourth-order valence-corrected chi connectivity index (χ4v) is 4.48. The number of benzene rings is 1. The lowest BCUT2D eigenvalue weighted by Gasteiger charge is -2.37. The smallest absolute Gasteiger partial charge is 0.253 e. The van der Waals surface area contributed by atoms with Crippen molar-refractivity contribution < 1.29 is 9.59 Å². The number of hydrogen-bond donors (Lipinski definition) is 2. The van der Waals surface area contributed by atoms with Crippen LogP contribution in [-0.4, -0.2) is 42.4 Å². The highest BCUT2D eigenvalue weighted by atomic mass is 35.5. The summed E-state index contributed by atoms with van der Waals surface area (Å²) in [5.41, 5.74) is 7.91. The van der Waals surface area contributed by atoms with Crippen LogP contribution in [0, 0.1) is 12.3 Å². The summed E-state index contributed by atoms with van der Waals surface area (Å²) in [6.45, 7) is 4.01. The molecule has 3 N–H and O–H groups in total. The van der Waals surface area contributed by atoms with E-state index in [0.29, 0.717) is 26.1 Å². The third kappa shape index (κ3) is 5.71. The molecule has 28 heavy (non-hydrogen) atoms. The van der Waals surface area contributed by atoms with Gasteiger partial charge in [0.2, 0.25) is 5.91 Å². The highest BCUT2D eigenvalue weighted by Crippen LogP contribution is 2.38. The van der Waals surface area contributed by atoms with Crippen molar-refractivity contribution >= 4 is 24.2 Å². The maximum Gasteiger partial charge on any atom is 0.253 e. The number of piperidine rings is 1. The Morgan fingerprint density at radius 1 is 1.11 bits per heavy atom. The molecule has 1 aromatic rings. The highest BCUT2D eigenvalue weighted by molar-refractivity contribution is 5.94. The van der Waals surface area contributed by atoms with E-state index in [1.807, 2.05) is 36.1 Å². The Kier molecular flexibility index (Phi) is 8.32. The number of nitrogens with zero attached hydrogens (tertiary/aromatic N) is 1. The Morgan fingerprint density at radius 2 is 1.71 bits per heavy atom. The van der Waals surface area contributed by atoms with Crippen LogP contribution in [-0.2, 0) is 4.79 Å². The zero-order chi connectivity index (χ0) is 19.3. The zero-order valence-corrected chi connectivity index (χ0v) is 17.7. The van der Waals surface area contributed by atoms with E-state index in [9.17, 15) is 9.59 Å². The highest BCUT2D eigenvalue weighted by Gasteiger charge is 2.34. The van der Waals surface area contributed by atoms with Crippen molar-refractivity contribution in [1.82, 2.24) is 10.2 Å². The number of aryl methyl sites for hydroxylation is 1. The number of halogens is 1. The number of rotatable bonds is 5. The summed E-state index contributed by atoms with van der Waals surface area (Å²) in [5.74, 6) is 0.217. The summed E-state index contributed by atoms with van der Waals surface area (Å²) >= 11 is 0. The molecule has 0 unspecified atom stereocenters. The lowest BCUT2D eigenvalue weighted by molar-refractivity contribution is -0.124. The Hall–Kier alpha value is -1.59. The van der Waals surface area contributed by atoms with Gasteiger partial charge in [-0.2, -0.15) is 0 Å². The van der Waals surface area contributed by atoms with E-state index in [1.165, 1.54) is 19.3 Å². The summed E-state index contributed by atoms with van der Waals surface area (Å²) in [7, 11) is 0. The largest absolute Gasteiger partial charge is 0.353 e. The van der Waals surface area contributed by atoms with Crippen molar-refractivity contribution in [1.29, 1.82) is 0 Å². The monoisotopic (exact) mass is 407 g/mol. The van der Waals surface area contributed by atoms with Crippen LogP contribution in [0.3, 0.4) is 0 Å². The molecule has 1 aliphatic heterocycles. The van der Waals surface area contributed by atoms with Gasteiger partial charge >= 0.3 is 0 Å². The normalized spacial score (nSPS) is 19.6. The molecule has 0 aromatic heterocycles. The molecule has 5 nitrogen and oxygen atoms in total. The maximum atomic E-state index is 12.6. The van der Waals surface area contributed by atoms with Crippen LogP contribution in [0.25, 0.3) is 0 Å². The van der Waals surface area contributed by atoms with Gasteiger partial charge in [0, 0.05) is 31.1 Å². The van der Waals surface area contributed by atoms with Gasteiger partial charge in [-0.25, -0.2) is 0 Å². The van der Waals surface area contributed by atoms with Gasteiger partial charge in [0.15, 0.2) is 0 Å². The van der Waals surface area contributed by atoms with E-state index < -0.39 is 0 Å². The molecular weight excluding hydrogens is 374 g/mol. The number of likely N-dealkylation sites (tertiary alicyclic amines) is 1. The van der Waals surface area contributed by atoms with E-state index in [-0.39, 0.29) is 35.7 Å². The molecule has 1 aromatic carbocycles. The molecule has 6 heteroatoms. The van der Waals surface area contributed by atoms with Crippen LogP contribution >= 0.6 is 12.4 Å². The minimum atomic E-state index is 0. The zero-order valence-electron chi connectivity index (χ0n) is 16.9. The number of amides is 2. The van der Waals surface area contributed by atoms with Gasteiger partial charge in [0.25, 0.3) is 5.91 Å². The third-order valence-electron chi connectivity index (χ3n) is 6.33. The van der Waals surface area contributed by atoms with Crippen molar-refractivity contribution in [3.05, 3.63) is 35.4 Å². The van der Waals surface area contributed by atoms with E-state index in [2.05, 4.69) is 5.32 Å². The van der Waals surface area contributed by atoms with E-state index in [4.69, 9.17) is 5.73 Å². The van der Waals surface area contributed by atoms with Gasteiger partial charge < -0.3 is 16.0 Å². The van der Waals surface area contributed by atoms with Crippen LogP contribution in [0.4, 0.5) is 0 Å². The van der Waals surface area contributed by atoms with Crippen molar-refractivity contribution in [2.45, 2.75) is 64.3 Å². The summed E-state index contributed by atoms with van der Waals surface area (Å²) < 4.78 is 0. The molecular formula is C22H34ClN3O2. The SMILES string of the molecule is Cc1ccc(C(=O)N2CCC(NC(=O)CC3(CN)CCCCC3)CC2)cc1.Cl. The molecule has 156 valence electrons. The quantitative estimate of drug-likeness (QED) is 0.784. The van der Waals surface area contributed by atoms with Crippen LogP contribution < -0.4 is 11.1 Å². The average molecular weight is 408 g/mol. The second-order valence-corrected chi connectivity index (χ2v) is 8.44. The molecule has 1 aliphatic carbocycles. The van der Waals surface area contributed by atoms with E-state index in [0.717, 1.165) is 36.8 Å². The van der Waals surface area contributed by atoms with Gasteiger partial charge in [-0.1, -0.05) is 37.0 Å². The molecule has 0 atom stereocenters. The fraction of sp³-hybridized carbons (Fsp3) is 0.636. The number of carbonyl (C=O) groups excluding carboxylic acids is 2. The van der Waals surface area contributed by atoms with Crippen molar-refractivity contribution in [3.8, 4) is 0 Å². The number of nitrogens with two attached hydrogens (primary N) is 1. The summed E-state index contributed by atoms with van der Waals surface area (Å²) in [6, 6.07) is 7.89. The van der Waals surface area contributed by atoms with Crippen LogP contribution in [0.15, 0.2) is 24.3 Å². The molecule has 3 rings (SSSR count). The van der Waals surface area contributed by atoms with Gasteiger partial charge in [-0.3, -0.25) is 9.59 Å². The Bertz CT molecular complexity index is 648. The van der Waals surface area contributed by atoms with Crippen LogP contribution in [0.2, 0.25) is 0 Å². The number of hydrogen-bond acceptors (Lipinski definition) is 3. The summed E-state index contributed by atoms with van der Waals surface area (Å²) in [5, 5.41) is 3.20. The molecule has 2 aliphatic rings. The van der Waals surface area contributed by atoms with Gasteiger partial charge in [-0.15, -0.1) is 12.4 Å². The molecule has 0 radical (unpaired) electrons.